The maximum atomic E-state index is 11.2. The first-order chi connectivity index (χ1) is 13.0. The number of rotatable bonds is 4. The Kier molecular flexibility index (Phi) is 4.06. The van der Waals surface area contributed by atoms with Gasteiger partial charge in [0.05, 0.1) is 5.69 Å². The second-order valence-corrected chi connectivity index (χ2v) is 9.26. The lowest BCUT2D eigenvalue weighted by atomic mass is 9.60. The topological polar surface area (TPSA) is 69.6 Å². The summed E-state index contributed by atoms with van der Waals surface area (Å²) in [6.45, 7) is 7.53. The van der Waals surface area contributed by atoms with Crippen LogP contribution in [0.3, 0.4) is 0 Å². The van der Waals surface area contributed by atoms with Crippen molar-refractivity contribution in [3.63, 3.8) is 0 Å². The van der Waals surface area contributed by atoms with Gasteiger partial charge in [0.2, 0.25) is 5.95 Å². The van der Waals surface area contributed by atoms with Gasteiger partial charge in [-0.05, 0) is 62.7 Å². The van der Waals surface area contributed by atoms with Crippen LogP contribution in [-0.2, 0) is 11.2 Å². The fourth-order valence-electron chi connectivity index (χ4n) is 5.75. The highest BCUT2D eigenvalue weighted by Gasteiger charge is 2.48. The minimum atomic E-state index is -0.648. The van der Waals surface area contributed by atoms with Gasteiger partial charge in [-0.15, -0.1) is 0 Å². The number of nitrogens with zero attached hydrogens (tertiary/aromatic N) is 4. The maximum absolute atomic E-state index is 11.2. The second kappa shape index (κ2) is 6.35. The number of carboxylic acid groups (broad SMARTS) is 1. The van der Waals surface area contributed by atoms with Gasteiger partial charge in [0, 0.05) is 37.7 Å². The molecule has 6 nitrogen and oxygen atoms in total. The lowest BCUT2D eigenvalue weighted by Crippen LogP contribution is -2.56. The molecule has 0 spiro atoms. The van der Waals surface area contributed by atoms with E-state index in [1.54, 1.807) is 0 Å². The summed E-state index contributed by atoms with van der Waals surface area (Å²) in [6.07, 6.45) is 6.24. The molecule has 5 atom stereocenters. The van der Waals surface area contributed by atoms with Crippen molar-refractivity contribution in [2.75, 3.05) is 29.4 Å². The van der Waals surface area contributed by atoms with E-state index < -0.39 is 5.97 Å². The Labute approximate surface area is 161 Å². The number of hydrogen-bond acceptors (Lipinski definition) is 5. The van der Waals surface area contributed by atoms with Gasteiger partial charge in [-0.3, -0.25) is 4.79 Å². The van der Waals surface area contributed by atoms with Crippen molar-refractivity contribution in [2.45, 2.75) is 64.3 Å². The van der Waals surface area contributed by atoms with Gasteiger partial charge in [0.1, 0.15) is 5.82 Å². The lowest BCUT2D eigenvalue weighted by Gasteiger charge is -2.54. The van der Waals surface area contributed by atoms with E-state index in [1.807, 2.05) is 0 Å². The molecule has 1 saturated carbocycles. The van der Waals surface area contributed by atoms with E-state index in [0.29, 0.717) is 36.1 Å². The average Bonchev–Trinajstić information content (AvgIpc) is 2.65. The van der Waals surface area contributed by atoms with Crippen molar-refractivity contribution in [3.05, 3.63) is 11.3 Å². The van der Waals surface area contributed by atoms with Crippen LogP contribution in [0.4, 0.5) is 11.8 Å². The summed E-state index contributed by atoms with van der Waals surface area (Å²) in [7, 11) is 0. The van der Waals surface area contributed by atoms with Crippen LogP contribution in [0.2, 0.25) is 0 Å². The van der Waals surface area contributed by atoms with Gasteiger partial charge < -0.3 is 14.9 Å². The van der Waals surface area contributed by atoms with Crippen molar-refractivity contribution in [1.82, 2.24) is 9.97 Å². The number of piperidine rings is 2. The highest BCUT2D eigenvalue weighted by atomic mass is 16.4. The standard InChI is InChI=1S/C21H30N4O2/c1-12-4-3-5-16-19(12)22-21(25-7-6-13(25)2)23-20(16)24-10-14-8-15(11-24)17(14)9-18(26)27/h12-15,17H,3-11H2,1-2H3,(H,26,27)/t12-,13-,14-,15+,17+/m0/s1. The van der Waals surface area contributed by atoms with Crippen LogP contribution in [-0.4, -0.2) is 46.7 Å². The van der Waals surface area contributed by atoms with Gasteiger partial charge in [0.15, 0.2) is 0 Å². The first-order valence-electron chi connectivity index (χ1n) is 10.7. The van der Waals surface area contributed by atoms with Crippen molar-refractivity contribution in [1.29, 1.82) is 0 Å². The third kappa shape index (κ3) is 2.79. The molecule has 5 aliphatic rings. The largest absolute Gasteiger partial charge is 0.481 e. The van der Waals surface area contributed by atoms with Crippen LogP contribution in [0.25, 0.3) is 0 Å². The molecule has 3 aliphatic heterocycles. The Morgan fingerprint density at radius 3 is 2.59 bits per heavy atom. The van der Waals surface area contributed by atoms with E-state index in [2.05, 4.69) is 23.6 Å². The molecule has 1 N–H and O–H groups in total. The third-order valence-electron chi connectivity index (χ3n) is 7.55. The molecule has 1 aromatic rings. The van der Waals surface area contributed by atoms with Gasteiger partial charge in [-0.25, -0.2) is 4.98 Å². The molecule has 4 fully saturated rings. The predicted octanol–water partition coefficient (Wildman–Crippen LogP) is 3.06. The first-order valence-corrected chi connectivity index (χ1v) is 10.7. The fourth-order valence-corrected chi connectivity index (χ4v) is 5.75. The summed E-state index contributed by atoms with van der Waals surface area (Å²) < 4.78 is 0. The zero-order valence-electron chi connectivity index (χ0n) is 16.4. The van der Waals surface area contributed by atoms with Crippen molar-refractivity contribution >= 4 is 17.7 Å². The minimum Gasteiger partial charge on any atom is -0.481 e. The normalized spacial score (nSPS) is 34.5. The highest BCUT2D eigenvalue weighted by Crippen LogP contribution is 2.49. The van der Waals surface area contributed by atoms with Crippen molar-refractivity contribution < 1.29 is 9.90 Å². The molecule has 0 unspecified atom stereocenters. The van der Waals surface area contributed by atoms with Gasteiger partial charge >= 0.3 is 5.97 Å². The number of hydrogen-bond donors (Lipinski definition) is 1. The molecule has 146 valence electrons. The molecule has 2 bridgehead atoms. The molecule has 0 radical (unpaired) electrons. The monoisotopic (exact) mass is 370 g/mol. The van der Waals surface area contributed by atoms with E-state index >= 15 is 0 Å². The van der Waals surface area contributed by atoms with Crippen molar-refractivity contribution in [3.8, 4) is 0 Å². The summed E-state index contributed by atoms with van der Waals surface area (Å²) in [5, 5.41) is 9.19. The number of anilines is 2. The Bertz CT molecular complexity index is 755. The van der Waals surface area contributed by atoms with Crippen LogP contribution in [0.5, 0.6) is 0 Å². The Morgan fingerprint density at radius 1 is 1.19 bits per heavy atom. The maximum Gasteiger partial charge on any atom is 0.303 e. The number of fused-ring (bicyclic) bond motifs is 3. The van der Waals surface area contributed by atoms with E-state index in [1.165, 1.54) is 36.9 Å². The Morgan fingerprint density at radius 2 is 1.96 bits per heavy atom. The van der Waals surface area contributed by atoms with Crippen LogP contribution in [0.1, 0.15) is 63.1 Å². The molecule has 27 heavy (non-hydrogen) atoms. The predicted molar refractivity (Wildman–Crippen MR) is 104 cm³/mol. The molecule has 0 amide bonds. The van der Waals surface area contributed by atoms with E-state index in [-0.39, 0.29) is 0 Å². The molecule has 6 rings (SSSR count). The van der Waals surface area contributed by atoms with Gasteiger partial charge in [-0.2, -0.15) is 4.98 Å². The number of carboxylic acids is 1. The molecule has 3 saturated heterocycles. The molecular formula is C21H30N4O2. The van der Waals surface area contributed by atoms with E-state index in [4.69, 9.17) is 9.97 Å². The molecular weight excluding hydrogens is 340 g/mol. The fraction of sp³-hybridized carbons (Fsp3) is 0.762. The molecule has 4 heterocycles. The number of carbonyl (C=O) groups is 1. The quantitative estimate of drug-likeness (QED) is 0.878. The number of aromatic nitrogens is 2. The van der Waals surface area contributed by atoms with Gasteiger partial charge in [0.25, 0.3) is 0 Å². The first kappa shape index (κ1) is 17.3. The van der Waals surface area contributed by atoms with Crippen LogP contribution < -0.4 is 9.80 Å². The summed E-state index contributed by atoms with van der Waals surface area (Å²) in [5.74, 6) is 3.32. The molecule has 1 aromatic heterocycles. The average molecular weight is 370 g/mol. The Balaban J connectivity index is 1.46. The smallest absolute Gasteiger partial charge is 0.303 e. The van der Waals surface area contributed by atoms with E-state index in [0.717, 1.165) is 37.8 Å². The highest BCUT2D eigenvalue weighted by molar-refractivity contribution is 5.67. The summed E-state index contributed by atoms with van der Waals surface area (Å²) in [5.41, 5.74) is 2.63. The van der Waals surface area contributed by atoms with Crippen molar-refractivity contribution in [2.24, 2.45) is 17.8 Å². The van der Waals surface area contributed by atoms with Gasteiger partial charge in [-0.1, -0.05) is 6.92 Å². The minimum absolute atomic E-state index is 0.332. The summed E-state index contributed by atoms with van der Waals surface area (Å²) in [4.78, 5) is 26.1. The SMILES string of the molecule is C[C@H]1CCCc2c1nc(N1CC[C@@H]1C)nc2N1C[C@H]2C[C@@H](C1)[C@H]2CC(=O)O. The molecule has 6 heteroatoms. The second-order valence-electron chi connectivity index (χ2n) is 9.26. The summed E-state index contributed by atoms with van der Waals surface area (Å²) in [6, 6.07) is 0.532. The summed E-state index contributed by atoms with van der Waals surface area (Å²) >= 11 is 0. The molecule has 2 aliphatic carbocycles. The third-order valence-corrected chi connectivity index (χ3v) is 7.55. The van der Waals surface area contributed by atoms with Crippen LogP contribution >= 0.6 is 0 Å². The van der Waals surface area contributed by atoms with E-state index in [9.17, 15) is 9.90 Å². The Hall–Kier alpha value is -1.85. The zero-order chi connectivity index (χ0) is 18.7. The van der Waals surface area contributed by atoms with Crippen LogP contribution in [0.15, 0.2) is 0 Å². The number of aliphatic carboxylic acids is 1. The zero-order valence-corrected chi connectivity index (χ0v) is 16.4. The molecule has 0 aromatic carbocycles. The van der Waals surface area contributed by atoms with Crippen LogP contribution in [0, 0.1) is 17.8 Å². The lowest BCUT2D eigenvalue weighted by molar-refractivity contribution is -0.141.